The number of nitrogens with one attached hydrogen (secondary N) is 1. The van der Waals surface area contributed by atoms with Crippen molar-refractivity contribution in [2.24, 2.45) is 0 Å². The summed E-state index contributed by atoms with van der Waals surface area (Å²) in [7, 11) is 0. The van der Waals surface area contributed by atoms with E-state index >= 15 is 0 Å². The van der Waals surface area contributed by atoms with E-state index in [1.807, 2.05) is 0 Å². The maximum absolute atomic E-state index is 3.78. The number of unbranched alkanes of at least 4 members (excludes halogenated alkanes) is 34. The summed E-state index contributed by atoms with van der Waals surface area (Å²) in [6.07, 6.45) is 62.1. The molecule has 0 spiro atoms. The summed E-state index contributed by atoms with van der Waals surface area (Å²) in [6.45, 7) is 9.44. The van der Waals surface area contributed by atoms with Gasteiger partial charge in [-0.25, -0.2) is 9.55 Å². The summed E-state index contributed by atoms with van der Waals surface area (Å²) < 4.78 is 2.65. The van der Waals surface area contributed by atoms with Gasteiger partial charge in [0.2, 0.25) is 0 Å². The van der Waals surface area contributed by atoms with E-state index < -0.39 is 0 Å². The molecule has 2 heteroatoms. The van der Waals surface area contributed by atoms with Gasteiger partial charge in [-0.2, -0.15) is 0 Å². The lowest BCUT2D eigenvalue weighted by Gasteiger charge is -2.17. The highest BCUT2D eigenvalue weighted by atomic mass is 15.1. The molecule has 1 aromatic rings. The fourth-order valence-electron chi connectivity index (χ4n) is 8.55. The predicted molar refractivity (Wildman–Crippen MR) is 230 cm³/mol. The van der Waals surface area contributed by atoms with Crippen LogP contribution in [0.1, 0.15) is 302 Å². The monoisotopic (exact) mass is 714 g/mol. The first-order valence-electron chi connectivity index (χ1n) is 24.3. The van der Waals surface area contributed by atoms with E-state index in [1.165, 1.54) is 257 Å². The molecule has 0 aromatic carbocycles. The molecule has 0 aliphatic heterocycles. The summed E-state index contributed by atoms with van der Waals surface area (Å²) in [5.74, 6) is 2.25. The molecule has 51 heavy (non-hydrogen) atoms. The zero-order chi connectivity index (χ0) is 36.7. The Kier molecular flexibility index (Phi) is 36.8. The van der Waals surface area contributed by atoms with Gasteiger partial charge in [0.1, 0.15) is 12.4 Å². The molecule has 1 rings (SSSR count). The normalized spacial score (nSPS) is 12.9. The highest BCUT2D eigenvalue weighted by Gasteiger charge is 2.25. The average Bonchev–Trinajstić information content (AvgIpc) is 3.63. The molecule has 2 nitrogen and oxygen atoms in total. The Morgan fingerprint density at radius 3 is 0.922 bits per heavy atom. The largest absolute Gasteiger partial charge is 0.257 e. The molecule has 2 unspecified atom stereocenters. The van der Waals surface area contributed by atoms with Crippen LogP contribution in [-0.2, 0) is 0 Å². The zero-order valence-corrected chi connectivity index (χ0v) is 36.0. The molecule has 0 amide bonds. The van der Waals surface area contributed by atoms with Gasteiger partial charge >= 0.3 is 0 Å². The average molecular weight is 714 g/mol. The van der Waals surface area contributed by atoms with Crippen molar-refractivity contribution in [2.45, 2.75) is 296 Å². The number of aromatic nitrogens is 2. The molecule has 0 aliphatic rings. The van der Waals surface area contributed by atoms with Crippen molar-refractivity contribution in [3.63, 3.8) is 0 Å². The van der Waals surface area contributed by atoms with Crippen LogP contribution in [0.25, 0.3) is 0 Å². The van der Waals surface area contributed by atoms with Crippen LogP contribution in [0.2, 0.25) is 0 Å². The molecule has 302 valence electrons. The Labute approximate surface area is 323 Å². The Morgan fingerprint density at radius 2 is 0.627 bits per heavy atom. The van der Waals surface area contributed by atoms with Crippen molar-refractivity contribution in [2.75, 3.05) is 0 Å². The molecule has 0 radical (unpaired) electrons. The van der Waals surface area contributed by atoms with Gasteiger partial charge in [0.25, 0.3) is 5.82 Å². The lowest BCUT2D eigenvalue weighted by molar-refractivity contribution is -0.727. The van der Waals surface area contributed by atoms with Crippen LogP contribution in [-0.4, -0.2) is 4.98 Å². The first-order chi connectivity index (χ1) is 25.2. The van der Waals surface area contributed by atoms with Crippen molar-refractivity contribution in [1.82, 2.24) is 4.98 Å². The van der Waals surface area contributed by atoms with E-state index in [0.717, 1.165) is 0 Å². The number of hydrogen-bond acceptors (Lipinski definition) is 0. The number of imidazole rings is 1. The van der Waals surface area contributed by atoms with Gasteiger partial charge in [0, 0.05) is 0 Å². The molecule has 0 saturated carbocycles. The summed E-state index contributed by atoms with van der Waals surface area (Å²) in [4.78, 5) is 3.78. The van der Waals surface area contributed by atoms with E-state index in [1.54, 1.807) is 5.82 Å². The number of rotatable bonds is 42. The van der Waals surface area contributed by atoms with Crippen molar-refractivity contribution in [1.29, 1.82) is 0 Å². The molecule has 1 aromatic heterocycles. The van der Waals surface area contributed by atoms with Crippen LogP contribution < -0.4 is 4.57 Å². The summed E-state index contributed by atoms with van der Waals surface area (Å²) >= 11 is 0. The molecule has 0 fully saturated rings. The number of H-pyrrole nitrogens is 1. The second-order valence-electron chi connectivity index (χ2n) is 17.2. The van der Waals surface area contributed by atoms with Crippen LogP contribution in [0.5, 0.6) is 0 Å². The minimum Gasteiger partial charge on any atom is -0.247 e. The smallest absolute Gasteiger partial charge is 0.247 e. The highest BCUT2D eigenvalue weighted by molar-refractivity contribution is 4.90. The SMILES string of the molecule is CCCCCCCCCCCCCCCCCCCC(CCCCCCCCCCCCC)c1[nH]cc[n+]1C(C)CCCCCCCCCCC. The van der Waals surface area contributed by atoms with Crippen molar-refractivity contribution >= 4 is 0 Å². The fourth-order valence-corrected chi connectivity index (χ4v) is 8.55. The third-order valence-electron chi connectivity index (χ3n) is 12.1. The molecule has 0 bridgehead atoms. The van der Waals surface area contributed by atoms with Crippen LogP contribution >= 0.6 is 0 Å². The highest BCUT2D eigenvalue weighted by Crippen LogP contribution is 2.28. The van der Waals surface area contributed by atoms with Crippen LogP contribution in [0.4, 0.5) is 0 Å². The van der Waals surface area contributed by atoms with Crippen LogP contribution in [0.3, 0.4) is 0 Å². The lowest BCUT2D eigenvalue weighted by Crippen LogP contribution is -2.41. The third kappa shape index (κ3) is 30.3. The summed E-state index contributed by atoms with van der Waals surface area (Å²) in [6, 6.07) is 0.617. The second kappa shape index (κ2) is 38.9. The molecular formula is C49H97N2+. The Morgan fingerprint density at radius 1 is 0.373 bits per heavy atom. The first-order valence-corrected chi connectivity index (χ1v) is 24.3. The van der Waals surface area contributed by atoms with Gasteiger partial charge in [-0.3, -0.25) is 0 Å². The maximum atomic E-state index is 3.78. The number of hydrogen-bond donors (Lipinski definition) is 1. The van der Waals surface area contributed by atoms with Crippen LogP contribution in [0.15, 0.2) is 12.4 Å². The fraction of sp³-hybridized carbons (Fsp3) is 0.939. The topological polar surface area (TPSA) is 19.7 Å². The predicted octanol–water partition coefficient (Wildman–Crippen LogP) is 17.6. The second-order valence-corrected chi connectivity index (χ2v) is 17.2. The van der Waals surface area contributed by atoms with Gasteiger partial charge in [-0.05, 0) is 32.6 Å². The zero-order valence-electron chi connectivity index (χ0n) is 36.0. The third-order valence-corrected chi connectivity index (χ3v) is 12.1. The standard InChI is InChI=1S/C49H96N2/c1-5-8-11-14-17-20-22-23-24-25-26-27-29-32-35-38-41-44-48(43-40-37-34-31-28-21-18-15-12-9-6-2)49-50-45-46-51(49)47(4)42-39-36-33-30-19-16-13-10-7-3/h45-48H,5-44H2,1-4H3/p+1. The van der Waals surface area contributed by atoms with Gasteiger partial charge in [-0.1, -0.05) is 252 Å². The number of aromatic amines is 1. The van der Waals surface area contributed by atoms with E-state index in [2.05, 4.69) is 49.6 Å². The lowest BCUT2D eigenvalue weighted by atomic mass is 9.92. The molecular weight excluding hydrogens is 617 g/mol. The molecule has 0 aliphatic carbocycles. The van der Waals surface area contributed by atoms with Gasteiger partial charge in [-0.15, -0.1) is 0 Å². The van der Waals surface area contributed by atoms with Crippen molar-refractivity contribution in [3.8, 4) is 0 Å². The Balaban J connectivity index is 2.34. The van der Waals surface area contributed by atoms with E-state index in [9.17, 15) is 0 Å². The van der Waals surface area contributed by atoms with Crippen molar-refractivity contribution < 1.29 is 4.57 Å². The maximum Gasteiger partial charge on any atom is 0.257 e. The first kappa shape index (κ1) is 48.2. The van der Waals surface area contributed by atoms with Gasteiger partial charge in [0.05, 0.1) is 12.0 Å². The molecule has 2 atom stereocenters. The van der Waals surface area contributed by atoms with Crippen LogP contribution in [0, 0.1) is 0 Å². The Hall–Kier alpha value is -0.790. The van der Waals surface area contributed by atoms with Gasteiger partial charge < -0.3 is 0 Å². The summed E-state index contributed by atoms with van der Waals surface area (Å²) in [5.41, 5.74) is 0. The minimum atomic E-state index is 0.617. The molecule has 1 heterocycles. The summed E-state index contributed by atoms with van der Waals surface area (Å²) in [5, 5.41) is 0. The van der Waals surface area contributed by atoms with Crippen molar-refractivity contribution in [3.05, 3.63) is 18.2 Å². The molecule has 1 N–H and O–H groups in total. The van der Waals surface area contributed by atoms with E-state index in [0.29, 0.717) is 12.0 Å². The Bertz CT molecular complexity index is 783. The quantitative estimate of drug-likeness (QED) is 0.0514. The molecule has 0 saturated heterocycles. The number of nitrogens with zero attached hydrogens (tertiary/aromatic N) is 1. The van der Waals surface area contributed by atoms with Gasteiger partial charge in [0.15, 0.2) is 0 Å². The van der Waals surface area contributed by atoms with E-state index in [-0.39, 0.29) is 0 Å². The van der Waals surface area contributed by atoms with E-state index in [4.69, 9.17) is 0 Å². The minimum absolute atomic E-state index is 0.617.